The zero-order valence-electron chi connectivity index (χ0n) is 17.1. The number of unbranched alkanes of at least 4 members (excludes halogenated alkanes) is 3. The summed E-state index contributed by atoms with van der Waals surface area (Å²) in [5.74, 6) is -0.802. The molecule has 1 unspecified atom stereocenters. The van der Waals surface area contributed by atoms with Crippen molar-refractivity contribution in [1.29, 1.82) is 0 Å². The Morgan fingerprint density at radius 1 is 1.07 bits per heavy atom. The van der Waals surface area contributed by atoms with Gasteiger partial charge in [-0.25, -0.2) is 12.7 Å². The summed E-state index contributed by atoms with van der Waals surface area (Å²) in [6, 6.07) is 9.71. The molecule has 168 valence electrons. The third kappa shape index (κ3) is 14.2. The number of sulfonamides is 1. The Balaban J connectivity index is 0.00000784. The van der Waals surface area contributed by atoms with E-state index in [1.807, 2.05) is 30.3 Å². The van der Waals surface area contributed by atoms with Crippen LogP contribution in [0.4, 0.5) is 0 Å². The van der Waals surface area contributed by atoms with Gasteiger partial charge in [-0.3, -0.25) is 4.79 Å². The summed E-state index contributed by atoms with van der Waals surface area (Å²) in [4.78, 5) is 10.5. The average Bonchev–Trinajstić information content (AvgIpc) is 2.62. The number of hydrogen-bond acceptors (Lipinski definition) is 5. The monoisotopic (exact) mass is 433 g/mol. The van der Waals surface area contributed by atoms with Gasteiger partial charge in [-0.15, -0.1) is 0 Å². The number of nitrogens with zero attached hydrogens (tertiary/aromatic N) is 1. The van der Waals surface area contributed by atoms with Crippen LogP contribution in [0.1, 0.15) is 50.5 Å². The van der Waals surface area contributed by atoms with E-state index < -0.39 is 22.1 Å². The Kier molecular flexibility index (Phi) is 14.5. The first-order valence-electron chi connectivity index (χ1n) is 9.75. The van der Waals surface area contributed by atoms with Gasteiger partial charge in [0, 0.05) is 19.5 Å². The summed E-state index contributed by atoms with van der Waals surface area (Å²) in [6.45, 7) is 1.45. The molecule has 0 fully saturated rings. The van der Waals surface area contributed by atoms with Crippen molar-refractivity contribution in [3.63, 3.8) is 0 Å². The zero-order valence-corrected chi connectivity index (χ0v) is 17.9. The molecule has 1 atom stereocenters. The van der Waals surface area contributed by atoms with E-state index in [0.29, 0.717) is 45.4 Å². The average molecular weight is 434 g/mol. The molecule has 0 spiro atoms. The van der Waals surface area contributed by atoms with Crippen LogP contribution >= 0.6 is 0 Å². The Morgan fingerprint density at radius 2 is 1.69 bits per heavy atom. The van der Waals surface area contributed by atoms with Crippen LogP contribution in [-0.2, 0) is 26.2 Å². The molecule has 4 N–H and O–H groups in total. The molecule has 0 aliphatic rings. The molecule has 0 amide bonds. The van der Waals surface area contributed by atoms with Gasteiger partial charge in [-0.1, -0.05) is 43.2 Å². The fourth-order valence-electron chi connectivity index (χ4n) is 2.84. The maximum absolute atomic E-state index is 11.9. The quantitative estimate of drug-likeness (QED) is 0.382. The Labute approximate surface area is 173 Å². The SMILES string of the molecule is CS(=O)(=O)N(CCCCCCC(=O)O)CCCC(O)COCc1ccccc1.O. The number of aliphatic carboxylic acids is 1. The second kappa shape index (κ2) is 15.3. The number of hydrogen-bond donors (Lipinski definition) is 2. The van der Waals surface area contributed by atoms with Crippen molar-refractivity contribution in [3.8, 4) is 0 Å². The molecule has 0 aliphatic heterocycles. The minimum absolute atomic E-state index is 0. The molecule has 0 saturated carbocycles. The highest BCUT2D eigenvalue weighted by molar-refractivity contribution is 7.88. The van der Waals surface area contributed by atoms with Crippen molar-refractivity contribution in [2.45, 2.75) is 57.7 Å². The van der Waals surface area contributed by atoms with E-state index in [9.17, 15) is 18.3 Å². The van der Waals surface area contributed by atoms with Crippen molar-refractivity contribution < 1.29 is 33.6 Å². The summed E-state index contributed by atoms with van der Waals surface area (Å²) in [7, 11) is -3.30. The highest BCUT2D eigenvalue weighted by Gasteiger charge is 2.16. The van der Waals surface area contributed by atoms with E-state index in [0.717, 1.165) is 18.4 Å². The number of benzene rings is 1. The number of rotatable bonds is 16. The van der Waals surface area contributed by atoms with Crippen LogP contribution in [0.25, 0.3) is 0 Å². The largest absolute Gasteiger partial charge is 0.481 e. The number of carboxylic acid groups (broad SMARTS) is 1. The van der Waals surface area contributed by atoms with E-state index in [4.69, 9.17) is 9.84 Å². The summed E-state index contributed by atoms with van der Waals surface area (Å²) >= 11 is 0. The molecule has 0 saturated heterocycles. The van der Waals surface area contributed by atoms with E-state index in [2.05, 4.69) is 0 Å². The zero-order chi connectivity index (χ0) is 20.8. The molecule has 1 aromatic carbocycles. The van der Waals surface area contributed by atoms with Crippen LogP contribution in [0.5, 0.6) is 0 Å². The van der Waals surface area contributed by atoms with Gasteiger partial charge in [0.15, 0.2) is 0 Å². The maximum Gasteiger partial charge on any atom is 0.303 e. The van der Waals surface area contributed by atoms with Crippen LogP contribution in [-0.4, -0.2) is 66.4 Å². The lowest BCUT2D eigenvalue weighted by Crippen LogP contribution is -2.32. The Hall–Kier alpha value is -1.52. The fraction of sp³-hybridized carbons (Fsp3) is 0.650. The summed E-state index contributed by atoms with van der Waals surface area (Å²) in [5, 5.41) is 18.6. The van der Waals surface area contributed by atoms with Crippen molar-refractivity contribution >= 4 is 16.0 Å². The molecular formula is C20H35NO7S. The van der Waals surface area contributed by atoms with Crippen molar-refractivity contribution in [1.82, 2.24) is 4.31 Å². The topological polar surface area (TPSA) is 136 Å². The molecule has 0 radical (unpaired) electrons. The summed E-state index contributed by atoms with van der Waals surface area (Å²) in [5.41, 5.74) is 1.04. The highest BCUT2D eigenvalue weighted by atomic mass is 32.2. The third-order valence-corrected chi connectivity index (χ3v) is 5.69. The lowest BCUT2D eigenvalue weighted by Gasteiger charge is -2.20. The van der Waals surface area contributed by atoms with Crippen LogP contribution in [0.3, 0.4) is 0 Å². The molecule has 0 bridgehead atoms. The highest BCUT2D eigenvalue weighted by Crippen LogP contribution is 2.10. The Bertz CT molecular complexity index is 652. The first-order valence-corrected chi connectivity index (χ1v) is 11.6. The molecule has 0 aromatic heterocycles. The lowest BCUT2D eigenvalue weighted by molar-refractivity contribution is -0.137. The van der Waals surface area contributed by atoms with Crippen molar-refractivity contribution in [2.75, 3.05) is 26.0 Å². The van der Waals surface area contributed by atoms with Gasteiger partial charge >= 0.3 is 5.97 Å². The van der Waals surface area contributed by atoms with E-state index >= 15 is 0 Å². The lowest BCUT2D eigenvalue weighted by atomic mass is 10.1. The van der Waals surface area contributed by atoms with Crippen molar-refractivity contribution in [3.05, 3.63) is 35.9 Å². The minimum Gasteiger partial charge on any atom is -0.481 e. The van der Waals surface area contributed by atoms with Gasteiger partial charge in [-0.05, 0) is 31.2 Å². The van der Waals surface area contributed by atoms with Crippen molar-refractivity contribution in [2.24, 2.45) is 0 Å². The molecule has 0 heterocycles. The second-order valence-corrected chi connectivity index (χ2v) is 9.00. The standard InChI is InChI=1S/C20H33NO6S.H2O/c1-28(25,26)21(14-8-3-2-7-13-20(23)24)15-9-12-19(22)17-27-16-18-10-5-4-6-11-18;/h4-6,10-11,19,22H,2-3,7-9,12-17H2,1H3,(H,23,24);1H2. The minimum atomic E-state index is -3.30. The van der Waals surface area contributed by atoms with Gasteiger partial charge in [-0.2, -0.15) is 0 Å². The maximum atomic E-state index is 11.9. The number of ether oxygens (including phenoxy) is 1. The number of aliphatic hydroxyl groups excluding tert-OH is 1. The predicted octanol–water partition coefficient (Wildman–Crippen LogP) is 1.82. The predicted molar refractivity (Wildman–Crippen MR) is 112 cm³/mol. The fourth-order valence-corrected chi connectivity index (χ4v) is 3.76. The summed E-state index contributed by atoms with van der Waals surface area (Å²) < 4.78 is 30.7. The molecule has 1 aromatic rings. The van der Waals surface area contributed by atoms with Crippen LogP contribution in [0.2, 0.25) is 0 Å². The first kappa shape index (κ1) is 27.5. The number of aliphatic hydroxyl groups is 1. The molecule has 29 heavy (non-hydrogen) atoms. The molecule has 1 rings (SSSR count). The van der Waals surface area contributed by atoms with Gasteiger partial charge < -0.3 is 20.4 Å². The number of carboxylic acids is 1. The van der Waals surface area contributed by atoms with Gasteiger partial charge in [0.1, 0.15) is 0 Å². The normalized spacial score (nSPS) is 12.5. The van der Waals surface area contributed by atoms with Crippen LogP contribution in [0, 0.1) is 0 Å². The molecule has 0 aliphatic carbocycles. The van der Waals surface area contributed by atoms with Gasteiger partial charge in [0.2, 0.25) is 10.0 Å². The Morgan fingerprint density at radius 3 is 2.31 bits per heavy atom. The molecular weight excluding hydrogens is 398 g/mol. The second-order valence-electron chi connectivity index (χ2n) is 7.02. The third-order valence-electron chi connectivity index (χ3n) is 4.38. The molecule has 9 heteroatoms. The van der Waals surface area contributed by atoms with Gasteiger partial charge in [0.05, 0.1) is 25.6 Å². The smallest absolute Gasteiger partial charge is 0.303 e. The first-order chi connectivity index (χ1) is 13.3. The number of carbonyl (C=O) groups is 1. The van der Waals surface area contributed by atoms with Crippen LogP contribution < -0.4 is 0 Å². The van der Waals surface area contributed by atoms with E-state index in [-0.39, 0.29) is 18.5 Å². The van der Waals surface area contributed by atoms with E-state index in [1.54, 1.807) is 0 Å². The summed E-state index contributed by atoms with van der Waals surface area (Å²) in [6.07, 6.45) is 4.65. The van der Waals surface area contributed by atoms with Gasteiger partial charge in [0.25, 0.3) is 0 Å². The van der Waals surface area contributed by atoms with Crippen LogP contribution in [0.15, 0.2) is 30.3 Å². The molecule has 8 nitrogen and oxygen atoms in total. The van der Waals surface area contributed by atoms with E-state index in [1.165, 1.54) is 10.6 Å².